The smallest absolute Gasteiger partial charge is 0.135 e. The molecule has 0 saturated carbocycles. The Morgan fingerprint density at radius 2 is 1.73 bits per heavy atom. The summed E-state index contributed by atoms with van der Waals surface area (Å²) in [6.07, 6.45) is 19.0. The molecule has 0 N–H and O–H groups in total. The molecular formula is C38H31NO2. The second kappa shape index (κ2) is 8.27. The quantitative estimate of drug-likeness (QED) is 0.257. The molecule has 0 amide bonds. The summed E-state index contributed by atoms with van der Waals surface area (Å²) in [5.74, 6) is 2.80. The van der Waals surface area contributed by atoms with E-state index in [4.69, 9.17) is 9.15 Å². The second-order valence-electron chi connectivity index (χ2n) is 12.3. The summed E-state index contributed by atoms with van der Waals surface area (Å²) in [6.45, 7) is 4.42. The van der Waals surface area contributed by atoms with E-state index in [2.05, 4.69) is 128 Å². The highest BCUT2D eigenvalue weighted by Crippen LogP contribution is 2.58. The number of fused-ring (bicyclic) bond motifs is 9. The molecule has 3 nitrogen and oxygen atoms in total. The number of benzene rings is 3. The molecule has 5 unspecified atom stereocenters. The second-order valence-corrected chi connectivity index (χ2v) is 12.3. The van der Waals surface area contributed by atoms with Crippen LogP contribution in [0.25, 0.3) is 17.0 Å². The van der Waals surface area contributed by atoms with Gasteiger partial charge in [-0.2, -0.15) is 0 Å². The number of furan rings is 1. The lowest BCUT2D eigenvalue weighted by Crippen LogP contribution is -2.32. The Hall–Kier alpha value is -4.50. The number of anilines is 2. The standard InChI is InChI=1S/C38H31NO2/c1-23-14-16-25(24-15-19-35-29(22-24)26-9-4-6-13-34(26)40-35)33(21-23)39-31-12-5-3-10-28(31)36-32(39)18-17-27-30-11-7-8-20-38(30,2)41-37(27)36/h3-21,24,30,32,36H,22H2,1-2H3. The first-order valence-corrected chi connectivity index (χ1v) is 14.7. The van der Waals surface area contributed by atoms with E-state index >= 15 is 0 Å². The highest BCUT2D eigenvalue weighted by Gasteiger charge is 2.52. The molecule has 9 rings (SSSR count). The average molecular weight is 534 g/mol. The van der Waals surface area contributed by atoms with Gasteiger partial charge in [-0.15, -0.1) is 0 Å². The minimum atomic E-state index is -0.326. The van der Waals surface area contributed by atoms with Crippen LogP contribution in [0.5, 0.6) is 0 Å². The van der Waals surface area contributed by atoms with Gasteiger partial charge < -0.3 is 14.1 Å². The molecule has 3 aromatic carbocycles. The Balaban J connectivity index is 1.17. The summed E-state index contributed by atoms with van der Waals surface area (Å²) in [4.78, 5) is 2.58. The maximum absolute atomic E-state index is 6.90. The van der Waals surface area contributed by atoms with Crippen molar-refractivity contribution in [2.45, 2.75) is 43.7 Å². The molecule has 1 aromatic heterocycles. The number of hydrogen-bond donors (Lipinski definition) is 0. The van der Waals surface area contributed by atoms with Crippen LogP contribution in [0.1, 0.15) is 46.8 Å². The SMILES string of the molecule is Cc1ccc(C2C=Cc3oc4ccccc4c3C2)c(N2c3ccccc3C3C4=C(C=CC32)C2C=CC=CC2(C)O4)c1. The molecule has 3 heteroatoms. The van der Waals surface area contributed by atoms with Crippen molar-refractivity contribution in [1.29, 1.82) is 0 Å². The molecule has 41 heavy (non-hydrogen) atoms. The van der Waals surface area contributed by atoms with Crippen molar-refractivity contribution in [3.05, 3.63) is 149 Å². The van der Waals surface area contributed by atoms with E-state index in [0.717, 1.165) is 23.5 Å². The number of aryl methyl sites for hydroxylation is 1. The molecule has 5 atom stereocenters. The Kier molecular flexibility index (Phi) is 4.68. The molecule has 0 spiro atoms. The summed E-state index contributed by atoms with van der Waals surface area (Å²) >= 11 is 0. The molecular weight excluding hydrogens is 502 g/mol. The van der Waals surface area contributed by atoms with Crippen LogP contribution in [0, 0.1) is 12.8 Å². The van der Waals surface area contributed by atoms with E-state index in [0.29, 0.717) is 0 Å². The zero-order valence-corrected chi connectivity index (χ0v) is 23.2. The first kappa shape index (κ1) is 23.2. The maximum atomic E-state index is 6.90. The van der Waals surface area contributed by atoms with Gasteiger partial charge in [0.1, 0.15) is 22.7 Å². The molecule has 0 fully saturated rings. The molecule has 200 valence electrons. The minimum absolute atomic E-state index is 0.154. The lowest BCUT2D eigenvalue weighted by atomic mass is 9.78. The van der Waals surface area contributed by atoms with Gasteiger partial charge in [0, 0.05) is 39.7 Å². The fraction of sp³-hybridized carbons (Fsp3) is 0.211. The summed E-state index contributed by atoms with van der Waals surface area (Å²) in [5.41, 5.74) is 9.80. The van der Waals surface area contributed by atoms with Crippen molar-refractivity contribution in [2.24, 2.45) is 5.92 Å². The number of ether oxygens (including phenoxy) is 1. The van der Waals surface area contributed by atoms with Crippen molar-refractivity contribution in [1.82, 2.24) is 0 Å². The topological polar surface area (TPSA) is 25.6 Å². The third-order valence-electron chi connectivity index (χ3n) is 9.81. The van der Waals surface area contributed by atoms with Gasteiger partial charge >= 0.3 is 0 Å². The van der Waals surface area contributed by atoms with Gasteiger partial charge in [-0.25, -0.2) is 0 Å². The zero-order valence-electron chi connectivity index (χ0n) is 23.2. The van der Waals surface area contributed by atoms with Crippen molar-refractivity contribution < 1.29 is 9.15 Å². The Bertz CT molecular complexity index is 1920. The van der Waals surface area contributed by atoms with Crippen LogP contribution in [0.4, 0.5) is 11.4 Å². The van der Waals surface area contributed by atoms with Crippen LogP contribution < -0.4 is 4.90 Å². The van der Waals surface area contributed by atoms with Crippen molar-refractivity contribution in [2.75, 3.05) is 4.90 Å². The number of allylic oxidation sites excluding steroid dienone is 4. The van der Waals surface area contributed by atoms with Gasteiger partial charge in [-0.05, 0) is 67.3 Å². The Labute approximate surface area is 240 Å². The van der Waals surface area contributed by atoms with Crippen LogP contribution in [0.3, 0.4) is 0 Å². The number of para-hydroxylation sites is 2. The lowest BCUT2D eigenvalue weighted by molar-refractivity contribution is 0.0578. The van der Waals surface area contributed by atoms with Crippen molar-refractivity contribution in [3.8, 4) is 0 Å². The summed E-state index contributed by atoms with van der Waals surface area (Å²) < 4.78 is 13.1. The fourth-order valence-electron chi connectivity index (χ4n) is 7.90. The molecule has 0 bridgehead atoms. The molecule has 3 aliphatic carbocycles. The summed E-state index contributed by atoms with van der Waals surface area (Å²) in [7, 11) is 0. The van der Waals surface area contributed by atoms with Crippen LogP contribution >= 0.6 is 0 Å². The van der Waals surface area contributed by atoms with Gasteiger partial charge in [0.25, 0.3) is 0 Å². The van der Waals surface area contributed by atoms with E-state index in [1.165, 1.54) is 44.6 Å². The largest absolute Gasteiger partial charge is 0.486 e. The van der Waals surface area contributed by atoms with Crippen LogP contribution in [0.2, 0.25) is 0 Å². The predicted molar refractivity (Wildman–Crippen MR) is 165 cm³/mol. The molecule has 3 heterocycles. The van der Waals surface area contributed by atoms with Gasteiger partial charge in [0.2, 0.25) is 0 Å². The van der Waals surface area contributed by atoms with E-state index in [9.17, 15) is 0 Å². The normalized spacial score (nSPS) is 28.4. The monoisotopic (exact) mass is 533 g/mol. The third-order valence-corrected chi connectivity index (χ3v) is 9.81. The number of rotatable bonds is 2. The highest BCUT2D eigenvalue weighted by atomic mass is 16.5. The van der Waals surface area contributed by atoms with Crippen LogP contribution in [-0.2, 0) is 11.2 Å². The summed E-state index contributed by atoms with van der Waals surface area (Å²) in [5, 5.41) is 1.23. The zero-order chi connectivity index (χ0) is 27.3. The number of nitrogens with zero attached hydrogens (tertiary/aromatic N) is 1. The minimum Gasteiger partial charge on any atom is -0.486 e. The van der Waals surface area contributed by atoms with E-state index in [-0.39, 0.29) is 29.4 Å². The Morgan fingerprint density at radius 1 is 0.854 bits per heavy atom. The van der Waals surface area contributed by atoms with Gasteiger partial charge in [0.15, 0.2) is 0 Å². The van der Waals surface area contributed by atoms with Crippen LogP contribution in [-0.4, -0.2) is 11.6 Å². The van der Waals surface area contributed by atoms with Crippen molar-refractivity contribution >= 4 is 28.4 Å². The Morgan fingerprint density at radius 3 is 2.68 bits per heavy atom. The maximum Gasteiger partial charge on any atom is 0.135 e. The number of hydrogen-bond acceptors (Lipinski definition) is 3. The van der Waals surface area contributed by atoms with Crippen molar-refractivity contribution in [3.63, 3.8) is 0 Å². The first-order valence-electron chi connectivity index (χ1n) is 14.7. The highest BCUT2D eigenvalue weighted by molar-refractivity contribution is 5.86. The molecule has 5 aliphatic rings. The molecule has 0 saturated heterocycles. The van der Waals surface area contributed by atoms with Gasteiger partial charge in [0.05, 0.1) is 12.0 Å². The third kappa shape index (κ3) is 3.20. The molecule has 2 aliphatic heterocycles. The molecule has 0 radical (unpaired) electrons. The molecule has 4 aromatic rings. The predicted octanol–water partition coefficient (Wildman–Crippen LogP) is 9.05. The summed E-state index contributed by atoms with van der Waals surface area (Å²) in [6, 6.07) is 24.5. The van der Waals surface area contributed by atoms with Crippen LogP contribution in [0.15, 0.2) is 125 Å². The lowest BCUT2D eigenvalue weighted by Gasteiger charge is -2.34. The van der Waals surface area contributed by atoms with E-state index in [1.807, 2.05) is 6.07 Å². The van der Waals surface area contributed by atoms with E-state index in [1.54, 1.807) is 0 Å². The average Bonchev–Trinajstić information content (AvgIpc) is 3.63. The fourth-order valence-corrected chi connectivity index (χ4v) is 7.90. The first-order chi connectivity index (χ1) is 20.1. The van der Waals surface area contributed by atoms with Gasteiger partial charge in [-0.3, -0.25) is 0 Å². The van der Waals surface area contributed by atoms with Gasteiger partial charge in [-0.1, -0.05) is 85.0 Å². The van der Waals surface area contributed by atoms with E-state index < -0.39 is 0 Å².